The molecule has 3 nitrogen and oxygen atoms in total. The zero-order valence-corrected chi connectivity index (χ0v) is 10.2. The van der Waals surface area contributed by atoms with Gasteiger partial charge < -0.3 is 5.73 Å². The Kier molecular flexibility index (Phi) is 2.52. The lowest BCUT2D eigenvalue weighted by molar-refractivity contribution is 1.05. The average molecular weight is 266 g/mol. The zero-order chi connectivity index (χ0) is 11.0. The summed E-state index contributed by atoms with van der Waals surface area (Å²) in [5.41, 5.74) is 8.96. The zero-order valence-electron chi connectivity index (χ0n) is 8.66. The highest BCUT2D eigenvalue weighted by atomic mass is 79.9. The summed E-state index contributed by atoms with van der Waals surface area (Å²) in [6, 6.07) is 6.03. The van der Waals surface area contributed by atoms with Crippen LogP contribution in [0.25, 0.3) is 5.69 Å². The number of aromatic nitrogens is 2. The topological polar surface area (TPSA) is 43.8 Å². The maximum atomic E-state index is 5.83. The number of rotatable bonds is 1. The van der Waals surface area contributed by atoms with Gasteiger partial charge in [-0.2, -0.15) is 0 Å². The van der Waals surface area contributed by atoms with E-state index < -0.39 is 0 Å². The van der Waals surface area contributed by atoms with Gasteiger partial charge in [0.25, 0.3) is 0 Å². The smallest absolute Gasteiger partial charge is 0.205 e. The Morgan fingerprint density at radius 2 is 2.07 bits per heavy atom. The van der Waals surface area contributed by atoms with Crippen molar-refractivity contribution in [3.63, 3.8) is 0 Å². The van der Waals surface area contributed by atoms with E-state index in [2.05, 4.69) is 20.9 Å². The molecule has 0 atom stereocenters. The number of benzene rings is 1. The molecule has 0 saturated carbocycles. The monoisotopic (exact) mass is 265 g/mol. The van der Waals surface area contributed by atoms with Gasteiger partial charge in [-0.15, -0.1) is 0 Å². The van der Waals surface area contributed by atoms with Crippen molar-refractivity contribution in [2.24, 2.45) is 0 Å². The van der Waals surface area contributed by atoms with E-state index in [0.29, 0.717) is 5.95 Å². The van der Waals surface area contributed by atoms with Crippen LogP contribution >= 0.6 is 15.9 Å². The van der Waals surface area contributed by atoms with E-state index in [9.17, 15) is 0 Å². The Morgan fingerprint density at radius 3 is 2.67 bits per heavy atom. The molecule has 0 spiro atoms. The summed E-state index contributed by atoms with van der Waals surface area (Å²) in [5.74, 6) is 0.522. The van der Waals surface area contributed by atoms with Gasteiger partial charge in [-0.05, 0) is 31.5 Å². The van der Waals surface area contributed by atoms with E-state index in [1.165, 1.54) is 0 Å². The highest BCUT2D eigenvalue weighted by Gasteiger charge is 2.07. The maximum Gasteiger partial charge on any atom is 0.205 e. The molecule has 1 aromatic heterocycles. The maximum absolute atomic E-state index is 5.83. The highest BCUT2D eigenvalue weighted by Crippen LogP contribution is 2.24. The van der Waals surface area contributed by atoms with Gasteiger partial charge in [-0.3, -0.25) is 4.57 Å². The van der Waals surface area contributed by atoms with Gasteiger partial charge in [0, 0.05) is 10.7 Å². The Bertz CT molecular complexity index is 503. The van der Waals surface area contributed by atoms with Crippen LogP contribution in [0.5, 0.6) is 0 Å². The Hall–Kier alpha value is -1.29. The largest absolute Gasteiger partial charge is 0.369 e. The predicted molar refractivity (Wildman–Crippen MR) is 65.2 cm³/mol. The molecule has 0 unspecified atom stereocenters. The van der Waals surface area contributed by atoms with Crippen molar-refractivity contribution in [2.45, 2.75) is 13.8 Å². The molecule has 2 rings (SSSR count). The van der Waals surface area contributed by atoms with Gasteiger partial charge in [0.1, 0.15) is 0 Å². The second-order valence-electron chi connectivity index (χ2n) is 3.49. The van der Waals surface area contributed by atoms with Crippen molar-refractivity contribution in [3.8, 4) is 5.69 Å². The van der Waals surface area contributed by atoms with Crippen molar-refractivity contribution in [3.05, 3.63) is 40.1 Å². The van der Waals surface area contributed by atoms with E-state index in [1.807, 2.05) is 42.8 Å². The van der Waals surface area contributed by atoms with E-state index in [4.69, 9.17) is 5.73 Å². The van der Waals surface area contributed by atoms with Gasteiger partial charge >= 0.3 is 0 Å². The van der Waals surface area contributed by atoms with E-state index in [1.54, 1.807) is 0 Å². The third-order valence-corrected chi connectivity index (χ3v) is 3.21. The molecule has 15 heavy (non-hydrogen) atoms. The lowest BCUT2D eigenvalue weighted by Crippen LogP contribution is -2.01. The lowest BCUT2D eigenvalue weighted by Gasteiger charge is -2.09. The van der Waals surface area contributed by atoms with Crippen LogP contribution in [0.4, 0.5) is 5.95 Å². The number of aryl methyl sites for hydroxylation is 1. The molecule has 4 heteroatoms. The van der Waals surface area contributed by atoms with Crippen molar-refractivity contribution in [1.29, 1.82) is 0 Å². The Balaban J connectivity index is 2.64. The predicted octanol–water partition coefficient (Wildman–Crippen LogP) is 2.83. The number of nitrogens with two attached hydrogens (primary N) is 1. The van der Waals surface area contributed by atoms with Gasteiger partial charge in [0.15, 0.2) is 0 Å². The molecule has 1 aromatic carbocycles. The standard InChI is InChI=1S/C11H12BrN3/c1-7-6-15(11(13)14-7)10-5-3-4-9(12)8(10)2/h3-6H,1-2H3,(H2,13,14). The van der Waals surface area contributed by atoms with E-state index >= 15 is 0 Å². The number of hydrogen-bond acceptors (Lipinski definition) is 2. The number of hydrogen-bond donors (Lipinski definition) is 1. The van der Waals surface area contributed by atoms with Gasteiger partial charge in [-0.25, -0.2) is 4.98 Å². The highest BCUT2D eigenvalue weighted by molar-refractivity contribution is 9.10. The van der Waals surface area contributed by atoms with Gasteiger partial charge in [0.2, 0.25) is 5.95 Å². The minimum atomic E-state index is 0.522. The molecule has 0 bridgehead atoms. The summed E-state index contributed by atoms with van der Waals surface area (Å²) in [5, 5.41) is 0. The summed E-state index contributed by atoms with van der Waals surface area (Å²) in [6.07, 6.45) is 1.93. The summed E-state index contributed by atoms with van der Waals surface area (Å²) >= 11 is 3.50. The molecule has 0 aliphatic rings. The minimum absolute atomic E-state index is 0.522. The first-order chi connectivity index (χ1) is 7.09. The molecule has 0 fully saturated rings. The van der Waals surface area contributed by atoms with Crippen LogP contribution < -0.4 is 5.73 Å². The molecular weight excluding hydrogens is 254 g/mol. The van der Waals surface area contributed by atoms with E-state index in [0.717, 1.165) is 21.4 Å². The average Bonchev–Trinajstić information content (AvgIpc) is 2.50. The van der Waals surface area contributed by atoms with Gasteiger partial charge in [-0.1, -0.05) is 22.0 Å². The molecule has 0 amide bonds. The van der Waals surface area contributed by atoms with Crippen molar-refractivity contribution < 1.29 is 0 Å². The molecule has 2 aromatic rings. The van der Waals surface area contributed by atoms with Crippen LogP contribution in [-0.4, -0.2) is 9.55 Å². The minimum Gasteiger partial charge on any atom is -0.369 e. The summed E-state index contributed by atoms with van der Waals surface area (Å²) in [6.45, 7) is 3.98. The third-order valence-electron chi connectivity index (χ3n) is 2.35. The molecule has 0 aliphatic heterocycles. The Morgan fingerprint density at radius 1 is 1.33 bits per heavy atom. The number of anilines is 1. The number of halogens is 1. The van der Waals surface area contributed by atoms with Crippen molar-refractivity contribution >= 4 is 21.9 Å². The summed E-state index contributed by atoms with van der Waals surface area (Å²) in [7, 11) is 0. The fourth-order valence-electron chi connectivity index (χ4n) is 1.57. The van der Waals surface area contributed by atoms with Crippen LogP contribution in [0.15, 0.2) is 28.9 Å². The number of nitrogens with zero attached hydrogens (tertiary/aromatic N) is 2. The molecule has 0 aliphatic carbocycles. The first-order valence-electron chi connectivity index (χ1n) is 4.66. The second kappa shape index (κ2) is 3.70. The fraction of sp³-hybridized carbons (Fsp3) is 0.182. The van der Waals surface area contributed by atoms with Crippen LogP contribution in [0, 0.1) is 13.8 Å². The molecule has 0 saturated heterocycles. The summed E-state index contributed by atoms with van der Waals surface area (Å²) in [4.78, 5) is 4.18. The SMILES string of the molecule is Cc1cn(-c2cccc(Br)c2C)c(N)n1. The van der Waals surface area contributed by atoms with Gasteiger partial charge in [0.05, 0.1) is 11.4 Å². The second-order valence-corrected chi connectivity index (χ2v) is 4.35. The van der Waals surface area contributed by atoms with Crippen LogP contribution in [0.3, 0.4) is 0 Å². The number of nitrogen functional groups attached to an aromatic ring is 1. The first kappa shape index (κ1) is 10.2. The third kappa shape index (κ3) is 1.77. The quantitative estimate of drug-likeness (QED) is 0.862. The Labute approximate surface area is 97.1 Å². The molecule has 78 valence electrons. The number of imidazole rings is 1. The summed E-state index contributed by atoms with van der Waals surface area (Å²) < 4.78 is 2.97. The first-order valence-corrected chi connectivity index (χ1v) is 5.46. The lowest BCUT2D eigenvalue weighted by atomic mass is 10.2. The van der Waals surface area contributed by atoms with Crippen LogP contribution in [0.1, 0.15) is 11.3 Å². The normalized spacial score (nSPS) is 10.6. The molecular formula is C11H12BrN3. The molecule has 1 heterocycles. The van der Waals surface area contributed by atoms with Crippen LogP contribution in [-0.2, 0) is 0 Å². The molecule has 0 radical (unpaired) electrons. The van der Waals surface area contributed by atoms with Crippen LogP contribution in [0.2, 0.25) is 0 Å². The molecule has 2 N–H and O–H groups in total. The fourth-order valence-corrected chi connectivity index (χ4v) is 1.92. The van der Waals surface area contributed by atoms with Crippen molar-refractivity contribution in [1.82, 2.24) is 9.55 Å². The van der Waals surface area contributed by atoms with Crippen molar-refractivity contribution in [2.75, 3.05) is 5.73 Å². The van der Waals surface area contributed by atoms with E-state index in [-0.39, 0.29) is 0 Å².